The number of hydrogen-bond acceptors (Lipinski definition) is 11. The van der Waals surface area contributed by atoms with E-state index in [-0.39, 0.29) is 44.9 Å². The van der Waals surface area contributed by atoms with Crippen LogP contribution in [-0.4, -0.2) is 44.9 Å². The van der Waals surface area contributed by atoms with Gasteiger partial charge in [0.2, 0.25) is 6.29 Å². The van der Waals surface area contributed by atoms with Crippen molar-refractivity contribution in [3.8, 4) is 34.5 Å². The minimum absolute atomic E-state index is 0.0130. The van der Waals surface area contributed by atoms with Crippen molar-refractivity contribution in [2.75, 3.05) is 28.4 Å². The van der Waals surface area contributed by atoms with Crippen molar-refractivity contribution in [3.05, 3.63) is 56.2 Å². The molecule has 0 aliphatic carbocycles. The summed E-state index contributed by atoms with van der Waals surface area (Å²) in [4.78, 5) is 26.0. The fraction of sp³-hybridized carbons (Fsp3) is 0.250. The summed E-state index contributed by atoms with van der Waals surface area (Å²) in [6.45, 7) is 0. The molecule has 2 aromatic carbocycles. The first-order chi connectivity index (χ1) is 16.8. The number of ether oxygens (including phenoxy) is 5. The highest BCUT2D eigenvalue weighted by atomic mass is 16.6. The van der Waals surface area contributed by atoms with Crippen molar-refractivity contribution in [3.63, 3.8) is 0 Å². The Morgan fingerprint density at radius 2 is 1.17 bits per heavy atom. The van der Waals surface area contributed by atoms with E-state index in [1.165, 1.54) is 52.7 Å². The summed E-state index contributed by atoms with van der Waals surface area (Å²) in [6.07, 6.45) is -1.70. The molecule has 3 heterocycles. The van der Waals surface area contributed by atoms with Gasteiger partial charge in [0.1, 0.15) is 22.7 Å². The molecule has 11 nitrogen and oxygen atoms in total. The monoisotopic (exact) mass is 484 g/mol. The molecule has 0 fully saturated rings. The largest absolute Gasteiger partial charge is 0.507 e. The minimum Gasteiger partial charge on any atom is -0.507 e. The van der Waals surface area contributed by atoms with Crippen LogP contribution in [0.15, 0.2) is 42.7 Å². The molecule has 0 spiro atoms. The highest BCUT2D eigenvalue weighted by molar-refractivity contribution is 5.90. The zero-order valence-corrected chi connectivity index (χ0v) is 19.0. The molecule has 1 aliphatic rings. The lowest BCUT2D eigenvalue weighted by Crippen LogP contribution is -2.26. The number of rotatable bonds is 5. The molecule has 35 heavy (non-hydrogen) atoms. The van der Waals surface area contributed by atoms with Gasteiger partial charge in [-0.25, -0.2) is 9.59 Å². The van der Waals surface area contributed by atoms with Crippen LogP contribution in [0.5, 0.6) is 34.5 Å². The van der Waals surface area contributed by atoms with Gasteiger partial charge in [0.05, 0.1) is 56.3 Å². The van der Waals surface area contributed by atoms with Crippen molar-refractivity contribution in [1.29, 1.82) is 0 Å². The lowest BCUT2D eigenvalue weighted by molar-refractivity contribution is -0.00988. The first kappa shape index (κ1) is 22.4. The standard InChI is InChI=1S/C24H20O11/c1-29-13-5-9-11(7-15(13)31-3)33-23(27)18(20(9)25)17-19-21(35-22(17)26)10-6-14(30-2)16(32-4)8-12(10)34-24(19)28/h5-8,17,22,25-26H,1-4H3. The normalized spacial score (nSPS) is 16.7. The van der Waals surface area contributed by atoms with Crippen LogP contribution < -0.4 is 34.9 Å². The van der Waals surface area contributed by atoms with Crippen molar-refractivity contribution < 1.29 is 42.7 Å². The fourth-order valence-corrected chi connectivity index (χ4v) is 4.33. The summed E-state index contributed by atoms with van der Waals surface area (Å²) < 4.78 is 37.5. The number of fused-ring (bicyclic) bond motifs is 4. The molecule has 0 saturated carbocycles. The van der Waals surface area contributed by atoms with E-state index in [9.17, 15) is 19.8 Å². The maximum absolute atomic E-state index is 13.0. The van der Waals surface area contributed by atoms with Gasteiger partial charge in [-0.3, -0.25) is 0 Å². The molecule has 5 rings (SSSR count). The molecule has 0 saturated heterocycles. The maximum Gasteiger partial charge on any atom is 0.344 e. The predicted molar refractivity (Wildman–Crippen MR) is 121 cm³/mol. The van der Waals surface area contributed by atoms with Gasteiger partial charge in [-0.05, 0) is 12.1 Å². The van der Waals surface area contributed by atoms with Crippen molar-refractivity contribution >= 4 is 21.9 Å². The molecule has 182 valence electrons. The summed E-state index contributed by atoms with van der Waals surface area (Å²) in [6, 6.07) is 5.76. The first-order valence-corrected chi connectivity index (χ1v) is 10.3. The number of aromatic hydroxyl groups is 1. The lowest BCUT2D eigenvalue weighted by atomic mass is 9.92. The summed E-state index contributed by atoms with van der Waals surface area (Å²) in [5.41, 5.74) is -2.24. The maximum atomic E-state index is 13.0. The van der Waals surface area contributed by atoms with Gasteiger partial charge >= 0.3 is 11.3 Å². The van der Waals surface area contributed by atoms with Crippen LogP contribution in [0.25, 0.3) is 21.9 Å². The third-order valence-electron chi connectivity index (χ3n) is 5.96. The summed E-state index contributed by atoms with van der Waals surface area (Å²) >= 11 is 0. The van der Waals surface area contributed by atoms with Gasteiger partial charge in [-0.15, -0.1) is 0 Å². The molecule has 4 aromatic rings. The van der Waals surface area contributed by atoms with E-state index < -0.39 is 29.2 Å². The third kappa shape index (κ3) is 3.23. The molecule has 0 amide bonds. The van der Waals surface area contributed by atoms with E-state index in [4.69, 9.17) is 32.5 Å². The SMILES string of the molecule is COc1cc2oc(=O)c(C3c4c(c5cc(OC)c(OC)cc5oc4=O)OC3O)c(O)c2cc1OC. The molecule has 2 atom stereocenters. The molecular weight excluding hydrogens is 464 g/mol. The van der Waals surface area contributed by atoms with Gasteiger partial charge in [0, 0.05) is 12.1 Å². The highest BCUT2D eigenvalue weighted by Gasteiger charge is 2.43. The average Bonchev–Trinajstić information content (AvgIpc) is 3.20. The number of benzene rings is 2. The highest BCUT2D eigenvalue weighted by Crippen LogP contribution is 2.48. The second-order valence-corrected chi connectivity index (χ2v) is 7.68. The van der Waals surface area contributed by atoms with Gasteiger partial charge in [0.25, 0.3) is 0 Å². The molecule has 2 unspecified atom stereocenters. The Hall–Kier alpha value is -4.38. The van der Waals surface area contributed by atoms with Crippen molar-refractivity contribution in [2.45, 2.75) is 12.2 Å². The van der Waals surface area contributed by atoms with E-state index in [0.29, 0.717) is 16.9 Å². The Bertz CT molecular complexity index is 1600. The second kappa shape index (κ2) is 8.13. The second-order valence-electron chi connectivity index (χ2n) is 7.68. The van der Waals surface area contributed by atoms with Crippen molar-refractivity contribution in [1.82, 2.24) is 0 Å². The Kier molecular flexibility index (Phi) is 5.21. The van der Waals surface area contributed by atoms with Crippen LogP contribution in [-0.2, 0) is 0 Å². The van der Waals surface area contributed by atoms with Crippen LogP contribution in [0.4, 0.5) is 0 Å². The van der Waals surface area contributed by atoms with Crippen LogP contribution in [0.1, 0.15) is 17.0 Å². The molecule has 0 bridgehead atoms. The molecule has 2 N–H and O–H groups in total. The summed E-state index contributed by atoms with van der Waals surface area (Å²) in [7, 11) is 5.68. The minimum atomic E-state index is -1.70. The van der Waals surface area contributed by atoms with Crippen LogP contribution >= 0.6 is 0 Å². The predicted octanol–water partition coefficient (Wildman–Crippen LogP) is 2.48. The van der Waals surface area contributed by atoms with Gasteiger partial charge in [0.15, 0.2) is 23.0 Å². The Morgan fingerprint density at radius 1 is 0.714 bits per heavy atom. The fourth-order valence-electron chi connectivity index (χ4n) is 4.33. The molecule has 1 aliphatic heterocycles. The van der Waals surface area contributed by atoms with Gasteiger partial charge < -0.3 is 42.7 Å². The van der Waals surface area contributed by atoms with Crippen LogP contribution in [0, 0.1) is 0 Å². The van der Waals surface area contributed by atoms with E-state index in [1.807, 2.05) is 0 Å². The van der Waals surface area contributed by atoms with Crippen LogP contribution in [0.2, 0.25) is 0 Å². The number of methoxy groups -OCH3 is 4. The van der Waals surface area contributed by atoms with Crippen molar-refractivity contribution in [2.24, 2.45) is 0 Å². The molecular formula is C24H20O11. The Balaban J connectivity index is 1.78. The van der Waals surface area contributed by atoms with Crippen LogP contribution in [0.3, 0.4) is 0 Å². The molecule has 0 radical (unpaired) electrons. The number of hydrogen-bond donors (Lipinski definition) is 2. The zero-order valence-electron chi connectivity index (χ0n) is 19.0. The zero-order chi connectivity index (χ0) is 25.0. The topological polar surface area (TPSA) is 147 Å². The summed E-state index contributed by atoms with van der Waals surface area (Å²) in [5.74, 6) is -0.730. The third-order valence-corrected chi connectivity index (χ3v) is 5.96. The average molecular weight is 484 g/mol. The smallest absolute Gasteiger partial charge is 0.344 e. The van der Waals surface area contributed by atoms with Gasteiger partial charge in [-0.1, -0.05) is 0 Å². The lowest BCUT2D eigenvalue weighted by Gasteiger charge is -2.15. The first-order valence-electron chi connectivity index (χ1n) is 10.3. The quantitative estimate of drug-likeness (QED) is 0.403. The van der Waals surface area contributed by atoms with Gasteiger partial charge in [-0.2, -0.15) is 0 Å². The Labute approximate surface area is 196 Å². The van der Waals surface area contributed by atoms with E-state index in [0.717, 1.165) is 0 Å². The molecule has 11 heteroatoms. The van der Waals surface area contributed by atoms with E-state index >= 15 is 0 Å². The summed E-state index contributed by atoms with van der Waals surface area (Å²) in [5, 5.41) is 22.3. The number of aliphatic hydroxyl groups is 1. The van der Waals surface area contributed by atoms with E-state index in [2.05, 4.69) is 0 Å². The van der Waals surface area contributed by atoms with E-state index in [1.54, 1.807) is 0 Å². The number of aliphatic hydroxyl groups excluding tert-OH is 1. The molecule has 2 aromatic heterocycles. The Morgan fingerprint density at radius 3 is 1.71 bits per heavy atom.